The van der Waals surface area contributed by atoms with Gasteiger partial charge in [0.1, 0.15) is 11.6 Å². The summed E-state index contributed by atoms with van der Waals surface area (Å²) in [6.45, 7) is 9.88. The number of benzene rings is 2. The number of amides is 1. The Labute approximate surface area is 179 Å². The predicted octanol–water partition coefficient (Wildman–Crippen LogP) is 5.12. The summed E-state index contributed by atoms with van der Waals surface area (Å²) in [6, 6.07) is 16.4. The summed E-state index contributed by atoms with van der Waals surface area (Å²) in [7, 11) is 0. The van der Waals surface area contributed by atoms with Gasteiger partial charge in [0.2, 0.25) is 5.91 Å². The van der Waals surface area contributed by atoms with E-state index in [-0.39, 0.29) is 5.91 Å². The van der Waals surface area contributed by atoms with E-state index in [4.69, 9.17) is 9.72 Å². The van der Waals surface area contributed by atoms with Crippen LogP contribution < -0.4 is 10.1 Å². The number of hydrogen-bond donors (Lipinski definition) is 1. The third-order valence-corrected chi connectivity index (χ3v) is 5.20. The van der Waals surface area contributed by atoms with Crippen molar-refractivity contribution in [1.82, 2.24) is 14.9 Å². The number of imidazole rings is 1. The van der Waals surface area contributed by atoms with Gasteiger partial charge in [-0.3, -0.25) is 4.79 Å². The number of fused-ring (bicyclic) bond motifs is 1. The Morgan fingerprint density at radius 1 is 1.07 bits per heavy atom. The quantitative estimate of drug-likeness (QED) is 0.501. The highest BCUT2D eigenvalue weighted by atomic mass is 16.5. The van der Waals surface area contributed by atoms with Gasteiger partial charge < -0.3 is 14.6 Å². The number of aryl methyl sites for hydroxylation is 2. The fraction of sp³-hybridized carbons (Fsp3) is 0.440. The normalized spacial score (nSPS) is 11.6. The molecule has 1 heterocycles. The van der Waals surface area contributed by atoms with Gasteiger partial charge in [-0.25, -0.2) is 4.98 Å². The molecule has 5 heteroatoms. The standard InChI is InChI=1S/C25H33N3O2/c1-5-19-12-14-20(15-13-19)30-17-9-8-16-28-22-11-7-6-10-21(22)27-23(28)18-26-24(29)25(2,3)4/h6-7,10-15H,5,8-9,16-18H2,1-4H3,(H,26,29). The minimum Gasteiger partial charge on any atom is -0.494 e. The molecular formula is C25H33N3O2. The highest BCUT2D eigenvalue weighted by Gasteiger charge is 2.21. The van der Waals surface area contributed by atoms with Crippen molar-refractivity contribution < 1.29 is 9.53 Å². The molecule has 1 N–H and O–H groups in total. The number of carbonyl (C=O) groups is 1. The van der Waals surface area contributed by atoms with Gasteiger partial charge in [0.25, 0.3) is 0 Å². The van der Waals surface area contributed by atoms with Crippen LogP contribution in [0.4, 0.5) is 0 Å². The SMILES string of the molecule is CCc1ccc(OCCCCn2c(CNC(=O)C(C)(C)C)nc3ccccc32)cc1. The molecule has 0 saturated carbocycles. The van der Waals surface area contributed by atoms with Crippen LogP contribution in [0.2, 0.25) is 0 Å². The lowest BCUT2D eigenvalue weighted by atomic mass is 9.96. The van der Waals surface area contributed by atoms with Crippen LogP contribution in [0.1, 0.15) is 51.9 Å². The van der Waals surface area contributed by atoms with Crippen molar-refractivity contribution in [3.8, 4) is 5.75 Å². The topological polar surface area (TPSA) is 56.1 Å². The van der Waals surface area contributed by atoms with E-state index in [9.17, 15) is 4.79 Å². The first-order chi connectivity index (χ1) is 14.4. The molecular weight excluding hydrogens is 374 g/mol. The van der Waals surface area contributed by atoms with Crippen LogP contribution in [-0.2, 0) is 24.3 Å². The molecule has 0 aliphatic carbocycles. The van der Waals surface area contributed by atoms with E-state index in [1.165, 1.54) is 5.56 Å². The van der Waals surface area contributed by atoms with Crippen molar-refractivity contribution in [2.75, 3.05) is 6.61 Å². The fourth-order valence-corrected chi connectivity index (χ4v) is 3.32. The Balaban J connectivity index is 1.58. The van der Waals surface area contributed by atoms with Crippen molar-refractivity contribution in [3.63, 3.8) is 0 Å². The highest BCUT2D eigenvalue weighted by Crippen LogP contribution is 2.19. The van der Waals surface area contributed by atoms with E-state index < -0.39 is 5.41 Å². The summed E-state index contributed by atoms with van der Waals surface area (Å²) in [4.78, 5) is 17.0. The molecule has 0 radical (unpaired) electrons. The zero-order valence-electron chi connectivity index (χ0n) is 18.6. The Kier molecular flexibility index (Phi) is 7.14. The van der Waals surface area contributed by atoms with Gasteiger partial charge in [-0.2, -0.15) is 0 Å². The second kappa shape index (κ2) is 9.79. The third kappa shape index (κ3) is 5.62. The number of nitrogens with one attached hydrogen (secondary N) is 1. The molecule has 0 saturated heterocycles. The summed E-state index contributed by atoms with van der Waals surface area (Å²) in [5.41, 5.74) is 2.97. The monoisotopic (exact) mass is 407 g/mol. The Morgan fingerprint density at radius 2 is 1.80 bits per heavy atom. The molecule has 2 aromatic carbocycles. The Bertz CT molecular complexity index is 968. The van der Waals surface area contributed by atoms with E-state index in [0.717, 1.165) is 48.4 Å². The maximum absolute atomic E-state index is 12.3. The zero-order valence-corrected chi connectivity index (χ0v) is 18.6. The average Bonchev–Trinajstić information content (AvgIpc) is 3.09. The predicted molar refractivity (Wildman–Crippen MR) is 122 cm³/mol. The number of para-hydroxylation sites is 2. The number of nitrogens with zero attached hydrogens (tertiary/aromatic N) is 2. The van der Waals surface area contributed by atoms with Crippen molar-refractivity contribution >= 4 is 16.9 Å². The molecule has 0 atom stereocenters. The van der Waals surface area contributed by atoms with Gasteiger partial charge in [-0.15, -0.1) is 0 Å². The summed E-state index contributed by atoms with van der Waals surface area (Å²) in [5.74, 6) is 1.85. The molecule has 0 unspecified atom stereocenters. The first kappa shape index (κ1) is 21.9. The summed E-state index contributed by atoms with van der Waals surface area (Å²) < 4.78 is 8.09. The Morgan fingerprint density at radius 3 is 2.50 bits per heavy atom. The molecule has 0 spiro atoms. The van der Waals surface area contributed by atoms with E-state index >= 15 is 0 Å². The van der Waals surface area contributed by atoms with E-state index in [0.29, 0.717) is 13.2 Å². The van der Waals surface area contributed by atoms with Gasteiger partial charge >= 0.3 is 0 Å². The van der Waals surface area contributed by atoms with Crippen LogP contribution in [0.5, 0.6) is 5.75 Å². The molecule has 160 valence electrons. The lowest BCUT2D eigenvalue weighted by molar-refractivity contribution is -0.128. The van der Waals surface area contributed by atoms with Gasteiger partial charge in [0.15, 0.2) is 0 Å². The molecule has 0 aliphatic heterocycles. The van der Waals surface area contributed by atoms with Crippen LogP contribution in [0, 0.1) is 5.41 Å². The average molecular weight is 408 g/mol. The second-order valence-corrected chi connectivity index (χ2v) is 8.65. The van der Waals surface area contributed by atoms with Crippen LogP contribution in [0.3, 0.4) is 0 Å². The van der Waals surface area contributed by atoms with Crippen molar-refractivity contribution in [1.29, 1.82) is 0 Å². The van der Waals surface area contributed by atoms with Gasteiger partial charge in [-0.1, -0.05) is 52.0 Å². The summed E-state index contributed by atoms with van der Waals surface area (Å²) >= 11 is 0. The Hall–Kier alpha value is -2.82. The van der Waals surface area contributed by atoms with Crippen LogP contribution in [-0.4, -0.2) is 22.1 Å². The molecule has 1 amide bonds. The van der Waals surface area contributed by atoms with Gasteiger partial charge in [0.05, 0.1) is 24.2 Å². The number of carbonyl (C=O) groups excluding carboxylic acids is 1. The first-order valence-electron chi connectivity index (χ1n) is 10.8. The second-order valence-electron chi connectivity index (χ2n) is 8.65. The zero-order chi connectivity index (χ0) is 21.6. The maximum Gasteiger partial charge on any atom is 0.225 e. The summed E-state index contributed by atoms with van der Waals surface area (Å²) in [6.07, 6.45) is 2.97. The number of ether oxygens (including phenoxy) is 1. The van der Waals surface area contributed by atoms with Gasteiger partial charge in [-0.05, 0) is 49.1 Å². The maximum atomic E-state index is 12.3. The minimum atomic E-state index is -0.413. The number of rotatable bonds is 9. The molecule has 3 aromatic rings. The molecule has 3 rings (SSSR count). The lowest BCUT2D eigenvalue weighted by Gasteiger charge is -2.18. The molecule has 1 aromatic heterocycles. The largest absolute Gasteiger partial charge is 0.494 e. The number of unbranched alkanes of at least 4 members (excludes halogenated alkanes) is 1. The summed E-state index contributed by atoms with van der Waals surface area (Å²) in [5, 5.41) is 3.03. The van der Waals surface area contributed by atoms with E-state index in [1.54, 1.807) is 0 Å². The van der Waals surface area contributed by atoms with Crippen molar-refractivity contribution in [2.45, 2.75) is 60.0 Å². The highest BCUT2D eigenvalue weighted by molar-refractivity contribution is 5.81. The molecule has 0 fully saturated rings. The molecule has 5 nitrogen and oxygen atoms in total. The number of aromatic nitrogens is 2. The molecule has 0 bridgehead atoms. The molecule has 0 aliphatic rings. The first-order valence-corrected chi connectivity index (χ1v) is 10.8. The van der Waals surface area contributed by atoms with Crippen LogP contribution in [0.15, 0.2) is 48.5 Å². The third-order valence-electron chi connectivity index (χ3n) is 5.20. The van der Waals surface area contributed by atoms with Gasteiger partial charge in [0, 0.05) is 12.0 Å². The van der Waals surface area contributed by atoms with Crippen molar-refractivity contribution in [2.24, 2.45) is 5.41 Å². The van der Waals surface area contributed by atoms with Crippen LogP contribution in [0.25, 0.3) is 11.0 Å². The molecule has 30 heavy (non-hydrogen) atoms. The lowest BCUT2D eigenvalue weighted by Crippen LogP contribution is -2.35. The van der Waals surface area contributed by atoms with Crippen LogP contribution >= 0.6 is 0 Å². The number of hydrogen-bond acceptors (Lipinski definition) is 3. The smallest absolute Gasteiger partial charge is 0.225 e. The minimum absolute atomic E-state index is 0.0311. The fourth-order valence-electron chi connectivity index (χ4n) is 3.32. The van der Waals surface area contributed by atoms with E-state index in [1.807, 2.05) is 51.1 Å². The van der Waals surface area contributed by atoms with Crippen molar-refractivity contribution in [3.05, 3.63) is 59.9 Å². The van der Waals surface area contributed by atoms with E-state index in [2.05, 4.69) is 35.0 Å².